The molecule has 202 valence electrons. The molecule has 0 aliphatic carbocycles. The number of guanidine groups is 1. The van der Waals surface area contributed by atoms with Gasteiger partial charge < -0.3 is 42.7 Å². The summed E-state index contributed by atoms with van der Waals surface area (Å²) < 4.78 is 0. The Bertz CT molecular complexity index is 887. The van der Waals surface area contributed by atoms with Gasteiger partial charge in [-0.1, -0.05) is 13.8 Å². The lowest BCUT2D eigenvalue weighted by Crippen LogP contribution is -2.58. The molecule has 1 aliphatic rings. The molecule has 1 unspecified atom stereocenters. The molecule has 0 spiro atoms. The normalized spacial score (nSPS) is 24.6. The van der Waals surface area contributed by atoms with Crippen LogP contribution in [0.3, 0.4) is 0 Å². The summed E-state index contributed by atoms with van der Waals surface area (Å²) in [6.07, 6.45) is -0.305. The fraction of sp³-hybridized carbons (Fsp3) is 0.667. The third kappa shape index (κ3) is 9.38. The minimum Gasteiger partial charge on any atom is -0.481 e. The zero-order valence-electron chi connectivity index (χ0n) is 20.9. The molecular formula is C21H36N8O7. The van der Waals surface area contributed by atoms with Crippen molar-refractivity contribution < 1.29 is 33.9 Å². The lowest BCUT2D eigenvalue weighted by Gasteiger charge is -2.33. The van der Waals surface area contributed by atoms with E-state index < -0.39 is 72.6 Å². The van der Waals surface area contributed by atoms with Crippen LogP contribution in [0.5, 0.6) is 0 Å². The highest BCUT2D eigenvalue weighted by Crippen LogP contribution is 2.13. The van der Waals surface area contributed by atoms with E-state index in [9.17, 15) is 28.8 Å². The van der Waals surface area contributed by atoms with Crippen molar-refractivity contribution in [3.63, 3.8) is 0 Å². The summed E-state index contributed by atoms with van der Waals surface area (Å²) >= 11 is 0. The number of carboxylic acids is 1. The monoisotopic (exact) mass is 512 g/mol. The highest BCUT2D eigenvalue weighted by atomic mass is 16.4. The maximum absolute atomic E-state index is 13.2. The minimum atomic E-state index is -1.49. The highest BCUT2D eigenvalue weighted by molar-refractivity contribution is 5.97. The summed E-state index contributed by atoms with van der Waals surface area (Å²) in [6.45, 7) is 4.41. The standard InChI is InChI=1S/C21H36N8O7/c1-10(2)16-19(35)28-12(6-5-7-24-21(22)23)17(33)25-9-14(30)27-13(8-15(31)32)18(34)26-11(3)20(36)29(16)4/h10-13,16H,5-9H2,1-4H3,(H,25,33)(H,26,34)(H,27,30)(H,28,35)(H,31,32)(H4,22,23,24)/t11-,12+,13+,16?/m1/s1. The van der Waals surface area contributed by atoms with E-state index in [2.05, 4.69) is 26.3 Å². The number of rotatable bonds is 7. The van der Waals surface area contributed by atoms with Crippen molar-refractivity contribution in [1.82, 2.24) is 26.2 Å². The van der Waals surface area contributed by atoms with E-state index in [0.29, 0.717) is 6.42 Å². The molecule has 0 aromatic heterocycles. The second kappa shape index (κ2) is 13.8. The number of likely N-dealkylation sites (N-methyl/N-ethyl adjacent to an activating group) is 1. The van der Waals surface area contributed by atoms with Crippen molar-refractivity contribution in [2.24, 2.45) is 22.4 Å². The Morgan fingerprint density at radius 1 is 1.06 bits per heavy atom. The van der Waals surface area contributed by atoms with Gasteiger partial charge in [0.05, 0.1) is 13.0 Å². The first-order valence-electron chi connectivity index (χ1n) is 11.5. The zero-order chi connectivity index (χ0) is 27.6. The second-order valence-corrected chi connectivity index (χ2v) is 8.81. The summed E-state index contributed by atoms with van der Waals surface area (Å²) in [5.41, 5.74) is 10.6. The molecule has 5 amide bonds. The molecule has 0 radical (unpaired) electrons. The Morgan fingerprint density at radius 2 is 1.69 bits per heavy atom. The van der Waals surface area contributed by atoms with Crippen molar-refractivity contribution in [3.05, 3.63) is 0 Å². The lowest BCUT2D eigenvalue weighted by molar-refractivity contribution is -0.144. The third-order valence-electron chi connectivity index (χ3n) is 5.43. The molecule has 1 rings (SSSR count). The van der Waals surface area contributed by atoms with Crippen molar-refractivity contribution in [3.8, 4) is 0 Å². The molecular weight excluding hydrogens is 476 g/mol. The molecule has 1 fully saturated rings. The van der Waals surface area contributed by atoms with Gasteiger partial charge in [0.2, 0.25) is 29.5 Å². The highest BCUT2D eigenvalue weighted by Gasteiger charge is 2.36. The van der Waals surface area contributed by atoms with Gasteiger partial charge in [0.1, 0.15) is 24.2 Å². The average Bonchev–Trinajstić information content (AvgIpc) is 2.77. The van der Waals surface area contributed by atoms with Gasteiger partial charge in [-0.2, -0.15) is 0 Å². The topological polar surface area (TPSA) is 238 Å². The van der Waals surface area contributed by atoms with E-state index in [4.69, 9.17) is 16.6 Å². The van der Waals surface area contributed by atoms with Gasteiger partial charge in [-0.25, -0.2) is 0 Å². The predicted molar refractivity (Wildman–Crippen MR) is 128 cm³/mol. The van der Waals surface area contributed by atoms with Gasteiger partial charge in [-0.05, 0) is 25.7 Å². The first-order valence-corrected chi connectivity index (χ1v) is 11.5. The Kier molecular flexibility index (Phi) is 11.6. The number of carbonyl (C=O) groups is 6. The minimum absolute atomic E-state index is 0.122. The summed E-state index contributed by atoms with van der Waals surface area (Å²) in [4.78, 5) is 80.2. The first kappa shape index (κ1) is 30.1. The summed E-state index contributed by atoms with van der Waals surface area (Å²) in [5.74, 6) is -5.51. The summed E-state index contributed by atoms with van der Waals surface area (Å²) in [6, 6.07) is -4.70. The number of nitrogens with two attached hydrogens (primary N) is 2. The molecule has 4 atom stereocenters. The van der Waals surface area contributed by atoms with Crippen molar-refractivity contribution in [1.29, 1.82) is 0 Å². The van der Waals surface area contributed by atoms with E-state index in [0.717, 1.165) is 4.90 Å². The van der Waals surface area contributed by atoms with Gasteiger partial charge in [0, 0.05) is 13.6 Å². The number of aliphatic carboxylic acids is 1. The lowest BCUT2D eigenvalue weighted by atomic mass is 10.00. The van der Waals surface area contributed by atoms with Crippen LogP contribution in [-0.2, 0) is 28.8 Å². The van der Waals surface area contributed by atoms with E-state index in [1.807, 2.05) is 0 Å². The van der Waals surface area contributed by atoms with Crippen molar-refractivity contribution in [2.75, 3.05) is 20.1 Å². The molecule has 15 nitrogen and oxygen atoms in total. The van der Waals surface area contributed by atoms with Gasteiger partial charge >= 0.3 is 5.97 Å². The van der Waals surface area contributed by atoms with Gasteiger partial charge in [0.25, 0.3) is 0 Å². The largest absolute Gasteiger partial charge is 0.481 e. The first-order chi connectivity index (χ1) is 16.7. The fourth-order valence-corrected chi connectivity index (χ4v) is 3.69. The number of nitrogens with zero attached hydrogens (tertiary/aromatic N) is 2. The SMILES string of the molecule is CC(C)C1C(=O)N[C@@H](CCCN=C(N)N)C(=O)NCC(=O)N[C@@H](CC(=O)O)C(=O)N[C@H](C)C(=O)N1C. The maximum Gasteiger partial charge on any atom is 0.305 e. The van der Waals surface area contributed by atoms with Crippen LogP contribution in [0.2, 0.25) is 0 Å². The Labute approximate surface area is 208 Å². The third-order valence-corrected chi connectivity index (χ3v) is 5.43. The van der Waals surface area contributed by atoms with Crippen LogP contribution in [0, 0.1) is 5.92 Å². The quantitative estimate of drug-likeness (QED) is 0.102. The number of carbonyl (C=O) groups excluding carboxylic acids is 5. The van der Waals surface area contributed by atoms with E-state index in [-0.39, 0.29) is 24.8 Å². The molecule has 9 N–H and O–H groups in total. The molecule has 0 bridgehead atoms. The van der Waals surface area contributed by atoms with Crippen LogP contribution in [0.15, 0.2) is 4.99 Å². The van der Waals surface area contributed by atoms with Crippen LogP contribution in [-0.4, -0.2) is 95.8 Å². The summed E-state index contributed by atoms with van der Waals surface area (Å²) in [7, 11) is 1.39. The zero-order valence-corrected chi connectivity index (χ0v) is 20.9. The van der Waals surface area contributed by atoms with Crippen molar-refractivity contribution >= 4 is 41.5 Å². The molecule has 1 aliphatic heterocycles. The molecule has 15 heteroatoms. The Hall–Kier alpha value is -3.91. The number of aliphatic imine (C=N–C) groups is 1. The van der Waals surface area contributed by atoms with Crippen LogP contribution >= 0.6 is 0 Å². The molecule has 36 heavy (non-hydrogen) atoms. The van der Waals surface area contributed by atoms with Gasteiger partial charge in [-0.3, -0.25) is 33.8 Å². The van der Waals surface area contributed by atoms with E-state index in [1.54, 1.807) is 13.8 Å². The van der Waals surface area contributed by atoms with Crippen LogP contribution in [0.4, 0.5) is 0 Å². The summed E-state index contributed by atoms with van der Waals surface area (Å²) in [5, 5.41) is 18.8. The number of hydrogen-bond donors (Lipinski definition) is 7. The molecule has 0 aromatic rings. The van der Waals surface area contributed by atoms with E-state index in [1.165, 1.54) is 14.0 Å². The predicted octanol–water partition coefficient (Wildman–Crippen LogP) is -3.40. The van der Waals surface area contributed by atoms with E-state index >= 15 is 0 Å². The Balaban J connectivity index is 3.31. The fourth-order valence-electron chi connectivity index (χ4n) is 3.69. The molecule has 0 aromatic carbocycles. The van der Waals surface area contributed by atoms with Crippen LogP contribution < -0.4 is 32.7 Å². The molecule has 1 saturated heterocycles. The molecule has 0 saturated carbocycles. The van der Waals surface area contributed by atoms with Gasteiger partial charge in [0.15, 0.2) is 5.96 Å². The average molecular weight is 513 g/mol. The van der Waals surface area contributed by atoms with Crippen molar-refractivity contribution in [2.45, 2.75) is 64.2 Å². The number of nitrogens with one attached hydrogen (secondary N) is 4. The van der Waals surface area contributed by atoms with Crippen LogP contribution in [0.1, 0.15) is 40.0 Å². The van der Waals surface area contributed by atoms with Crippen LogP contribution in [0.25, 0.3) is 0 Å². The second-order valence-electron chi connectivity index (χ2n) is 8.81. The number of amides is 5. The number of hydrogen-bond acceptors (Lipinski definition) is 7. The maximum atomic E-state index is 13.2. The Morgan fingerprint density at radius 3 is 2.25 bits per heavy atom. The molecule has 1 heterocycles. The van der Waals surface area contributed by atoms with Gasteiger partial charge in [-0.15, -0.1) is 0 Å². The smallest absolute Gasteiger partial charge is 0.305 e. The number of carboxylic acid groups (broad SMARTS) is 1.